The van der Waals surface area contributed by atoms with Gasteiger partial charge in [-0.05, 0) is 12.1 Å². The van der Waals surface area contributed by atoms with Gasteiger partial charge in [-0.1, -0.05) is 0 Å². The Hall–Kier alpha value is -1.76. The van der Waals surface area contributed by atoms with Gasteiger partial charge in [0.2, 0.25) is 5.91 Å². The lowest BCUT2D eigenvalue weighted by Crippen LogP contribution is -2.36. The minimum Gasteiger partial charge on any atom is -0.497 e. The van der Waals surface area contributed by atoms with Crippen molar-refractivity contribution in [3.63, 3.8) is 0 Å². The lowest BCUT2D eigenvalue weighted by atomic mass is 10.0. The first kappa shape index (κ1) is 14.2. The van der Waals surface area contributed by atoms with Crippen molar-refractivity contribution in [2.24, 2.45) is 5.92 Å². The average molecular weight is 311 g/mol. The molecule has 0 unspecified atom stereocenters. The van der Waals surface area contributed by atoms with Gasteiger partial charge in [0, 0.05) is 18.4 Å². The fourth-order valence-electron chi connectivity index (χ4n) is 3.19. The number of carbonyl (C=O) groups is 1. The van der Waals surface area contributed by atoms with Crippen LogP contribution < -0.4 is 14.4 Å². The van der Waals surface area contributed by atoms with Crippen LogP contribution in [0.3, 0.4) is 0 Å². The van der Waals surface area contributed by atoms with E-state index >= 15 is 0 Å². The Bertz CT molecular complexity index is 685. The highest BCUT2D eigenvalue weighted by Crippen LogP contribution is 2.42. The van der Waals surface area contributed by atoms with Crippen molar-refractivity contribution >= 4 is 21.4 Å². The Morgan fingerprint density at radius 2 is 1.95 bits per heavy atom. The van der Waals surface area contributed by atoms with E-state index in [-0.39, 0.29) is 35.8 Å². The standard InChI is InChI=1S/C14H17NO5S/c1-19-10-3-4-13(20-2)11(6-10)15-12-8-21(17,18)7-9(12)5-14(15)16/h3-4,6,9,12H,5,7-8H2,1-2H3/t9-,12-/m1/s1. The zero-order valence-electron chi connectivity index (χ0n) is 11.9. The third-order valence-corrected chi connectivity index (χ3v) is 5.90. The van der Waals surface area contributed by atoms with Gasteiger partial charge in [0.1, 0.15) is 11.5 Å². The van der Waals surface area contributed by atoms with Gasteiger partial charge >= 0.3 is 0 Å². The lowest BCUT2D eigenvalue weighted by molar-refractivity contribution is -0.117. The van der Waals surface area contributed by atoms with E-state index in [9.17, 15) is 13.2 Å². The number of methoxy groups -OCH3 is 2. The Kier molecular flexibility index (Phi) is 3.32. The molecule has 2 aliphatic heterocycles. The summed E-state index contributed by atoms with van der Waals surface area (Å²) < 4.78 is 34.1. The van der Waals surface area contributed by atoms with E-state index in [1.165, 1.54) is 7.11 Å². The van der Waals surface area contributed by atoms with Crippen LogP contribution in [0.2, 0.25) is 0 Å². The summed E-state index contributed by atoms with van der Waals surface area (Å²) in [6.07, 6.45) is 0.268. The molecule has 0 aliphatic carbocycles. The van der Waals surface area contributed by atoms with E-state index in [1.807, 2.05) is 0 Å². The van der Waals surface area contributed by atoms with E-state index in [4.69, 9.17) is 9.47 Å². The van der Waals surface area contributed by atoms with Crippen LogP contribution in [0.1, 0.15) is 6.42 Å². The van der Waals surface area contributed by atoms with Crippen molar-refractivity contribution in [1.29, 1.82) is 0 Å². The van der Waals surface area contributed by atoms with Gasteiger partial charge in [0.15, 0.2) is 9.84 Å². The molecule has 21 heavy (non-hydrogen) atoms. The first-order chi connectivity index (χ1) is 9.95. The molecule has 0 N–H and O–H groups in total. The van der Waals surface area contributed by atoms with Crippen LogP contribution in [-0.2, 0) is 14.6 Å². The molecule has 2 atom stereocenters. The Morgan fingerprint density at radius 1 is 1.19 bits per heavy atom. The fourth-order valence-corrected chi connectivity index (χ4v) is 5.26. The number of benzene rings is 1. The van der Waals surface area contributed by atoms with Gasteiger partial charge in [-0.3, -0.25) is 4.79 Å². The summed E-state index contributed by atoms with van der Waals surface area (Å²) >= 11 is 0. The molecule has 0 saturated carbocycles. The molecule has 7 heteroatoms. The molecule has 1 aromatic rings. The predicted octanol–water partition coefficient (Wildman–Crippen LogP) is 0.854. The summed E-state index contributed by atoms with van der Waals surface area (Å²) in [7, 11) is -0.00662. The molecule has 1 amide bonds. The molecular weight excluding hydrogens is 294 g/mol. The summed E-state index contributed by atoms with van der Waals surface area (Å²) in [6, 6.07) is 4.87. The number of hydrogen-bond donors (Lipinski definition) is 0. The Labute approximate surface area is 123 Å². The van der Waals surface area contributed by atoms with Crippen LogP contribution in [0.4, 0.5) is 5.69 Å². The van der Waals surface area contributed by atoms with Crippen LogP contribution in [0.5, 0.6) is 11.5 Å². The Balaban J connectivity index is 2.04. The highest BCUT2D eigenvalue weighted by molar-refractivity contribution is 7.91. The molecule has 114 valence electrons. The smallest absolute Gasteiger partial charge is 0.227 e. The highest BCUT2D eigenvalue weighted by Gasteiger charge is 2.49. The van der Waals surface area contributed by atoms with E-state index < -0.39 is 9.84 Å². The van der Waals surface area contributed by atoms with Gasteiger partial charge in [-0.15, -0.1) is 0 Å². The first-order valence-corrected chi connectivity index (χ1v) is 8.52. The minimum absolute atomic E-state index is 0.0176. The number of ether oxygens (including phenoxy) is 2. The van der Waals surface area contributed by atoms with Gasteiger partial charge in [0.25, 0.3) is 0 Å². The van der Waals surface area contributed by atoms with E-state index in [0.29, 0.717) is 17.2 Å². The van der Waals surface area contributed by atoms with Gasteiger partial charge in [0.05, 0.1) is 37.5 Å². The molecule has 2 aliphatic rings. The van der Waals surface area contributed by atoms with E-state index in [1.54, 1.807) is 30.2 Å². The summed E-state index contributed by atoms with van der Waals surface area (Å²) in [5.74, 6) is 1.05. The second kappa shape index (κ2) is 4.91. The van der Waals surface area contributed by atoms with Crippen molar-refractivity contribution in [1.82, 2.24) is 0 Å². The van der Waals surface area contributed by atoms with E-state index in [0.717, 1.165) is 0 Å². The quantitative estimate of drug-likeness (QED) is 0.827. The van der Waals surface area contributed by atoms with Crippen LogP contribution in [-0.4, -0.2) is 46.1 Å². The second-order valence-corrected chi connectivity index (χ2v) is 7.56. The molecule has 2 fully saturated rings. The SMILES string of the molecule is COc1ccc(OC)c(N2C(=O)C[C@@H]3CS(=O)(=O)C[C@H]32)c1. The van der Waals surface area contributed by atoms with Gasteiger partial charge in [-0.25, -0.2) is 8.42 Å². The van der Waals surface area contributed by atoms with E-state index in [2.05, 4.69) is 0 Å². The second-order valence-electron chi connectivity index (χ2n) is 5.41. The highest BCUT2D eigenvalue weighted by atomic mass is 32.2. The van der Waals surface area contributed by atoms with Crippen molar-refractivity contribution in [3.05, 3.63) is 18.2 Å². The van der Waals surface area contributed by atoms with Crippen molar-refractivity contribution in [2.75, 3.05) is 30.6 Å². The number of hydrogen-bond acceptors (Lipinski definition) is 5. The number of carbonyl (C=O) groups excluding carboxylic acids is 1. The normalized spacial score (nSPS) is 26.8. The number of nitrogens with zero attached hydrogens (tertiary/aromatic N) is 1. The van der Waals surface area contributed by atoms with Crippen LogP contribution in [0.15, 0.2) is 18.2 Å². The molecule has 0 spiro atoms. The molecular formula is C14H17NO5S. The third kappa shape index (κ3) is 2.35. The zero-order valence-corrected chi connectivity index (χ0v) is 12.7. The summed E-state index contributed by atoms with van der Waals surface area (Å²) in [5.41, 5.74) is 0.575. The maximum absolute atomic E-state index is 12.3. The fraction of sp³-hybridized carbons (Fsp3) is 0.500. The summed E-state index contributed by atoms with van der Waals surface area (Å²) in [5, 5.41) is 0. The van der Waals surface area contributed by atoms with Crippen molar-refractivity contribution in [3.8, 4) is 11.5 Å². The molecule has 1 aromatic carbocycles. The third-order valence-electron chi connectivity index (χ3n) is 4.12. The molecule has 2 saturated heterocycles. The topological polar surface area (TPSA) is 72.9 Å². The first-order valence-electron chi connectivity index (χ1n) is 6.69. The monoisotopic (exact) mass is 311 g/mol. The summed E-state index contributed by atoms with van der Waals surface area (Å²) in [6.45, 7) is 0. The van der Waals surface area contributed by atoms with Gasteiger partial charge in [-0.2, -0.15) is 0 Å². The maximum atomic E-state index is 12.3. The van der Waals surface area contributed by atoms with Crippen LogP contribution in [0, 0.1) is 5.92 Å². The molecule has 6 nitrogen and oxygen atoms in total. The predicted molar refractivity (Wildman–Crippen MR) is 77.6 cm³/mol. The molecule has 0 bridgehead atoms. The molecule has 0 radical (unpaired) electrons. The van der Waals surface area contributed by atoms with Crippen LogP contribution >= 0.6 is 0 Å². The lowest BCUT2D eigenvalue weighted by Gasteiger charge is -2.25. The number of amides is 1. The van der Waals surface area contributed by atoms with Crippen LogP contribution in [0.25, 0.3) is 0 Å². The number of rotatable bonds is 3. The molecule has 0 aromatic heterocycles. The number of anilines is 1. The van der Waals surface area contributed by atoms with Gasteiger partial charge < -0.3 is 14.4 Å². The number of fused-ring (bicyclic) bond motifs is 1. The average Bonchev–Trinajstić information content (AvgIpc) is 2.88. The minimum atomic E-state index is -3.07. The Morgan fingerprint density at radius 3 is 2.62 bits per heavy atom. The number of sulfone groups is 1. The summed E-state index contributed by atoms with van der Waals surface area (Å²) in [4.78, 5) is 13.9. The van der Waals surface area contributed by atoms with Crippen molar-refractivity contribution < 1.29 is 22.7 Å². The molecule has 3 rings (SSSR count). The maximum Gasteiger partial charge on any atom is 0.227 e. The van der Waals surface area contributed by atoms with Crippen molar-refractivity contribution in [2.45, 2.75) is 12.5 Å². The largest absolute Gasteiger partial charge is 0.497 e. The molecule has 2 heterocycles. The zero-order chi connectivity index (χ0) is 15.2.